The lowest BCUT2D eigenvalue weighted by Crippen LogP contribution is -2.36. The van der Waals surface area contributed by atoms with Crippen molar-refractivity contribution in [1.82, 2.24) is 4.90 Å². The van der Waals surface area contributed by atoms with E-state index in [0.717, 1.165) is 56.6 Å². The second kappa shape index (κ2) is 8.94. The van der Waals surface area contributed by atoms with Crippen LogP contribution < -0.4 is 0 Å². The van der Waals surface area contributed by atoms with E-state index in [1.807, 2.05) is 0 Å². The first-order valence-corrected chi connectivity index (χ1v) is 10.5. The number of hydrogen-bond acceptors (Lipinski definition) is 7. The average Bonchev–Trinajstić information content (AvgIpc) is 2.57. The zero-order valence-electron chi connectivity index (χ0n) is 15.0. The van der Waals surface area contributed by atoms with Gasteiger partial charge in [0.05, 0.1) is 10.5 Å². The van der Waals surface area contributed by atoms with E-state index >= 15 is 0 Å². The van der Waals surface area contributed by atoms with Gasteiger partial charge in [0.2, 0.25) is 0 Å². The minimum absolute atomic E-state index is 0.186. The van der Waals surface area contributed by atoms with Crippen molar-refractivity contribution in [2.24, 2.45) is 0 Å². The molecule has 1 saturated heterocycles. The van der Waals surface area contributed by atoms with E-state index in [0.29, 0.717) is 13.1 Å². The molecule has 0 spiro atoms. The topological polar surface area (TPSA) is 124 Å². The molecule has 0 aliphatic carbocycles. The summed E-state index contributed by atoms with van der Waals surface area (Å²) in [6.45, 7) is 0.774. The van der Waals surface area contributed by atoms with Crippen molar-refractivity contribution in [2.75, 3.05) is 26.0 Å². The van der Waals surface area contributed by atoms with E-state index in [1.165, 1.54) is 0 Å². The maximum atomic E-state index is 12.2. The minimum Gasteiger partial charge on any atom is -0.452 e. The van der Waals surface area contributed by atoms with E-state index in [9.17, 15) is 28.1 Å². The molecule has 9 nitrogen and oxygen atoms in total. The number of amides is 1. The van der Waals surface area contributed by atoms with Crippen LogP contribution >= 0.6 is 0 Å². The number of sulfone groups is 1. The highest BCUT2D eigenvalue weighted by molar-refractivity contribution is 7.90. The highest BCUT2D eigenvalue weighted by Gasteiger charge is 2.25. The van der Waals surface area contributed by atoms with Crippen molar-refractivity contribution in [3.05, 3.63) is 33.9 Å². The summed E-state index contributed by atoms with van der Waals surface area (Å²) in [6, 6.07) is 2.97. The number of carbonyl (C=O) groups is 2. The number of rotatable bonds is 5. The number of benzene rings is 1. The van der Waals surface area contributed by atoms with Crippen LogP contribution in [0.25, 0.3) is 0 Å². The Bertz CT molecular complexity index is 828. The molecular formula is C17H22N2O7S. The van der Waals surface area contributed by atoms with Gasteiger partial charge < -0.3 is 9.64 Å². The normalized spacial score (nSPS) is 15.5. The first kappa shape index (κ1) is 20.8. The van der Waals surface area contributed by atoms with Crippen LogP contribution in [0.1, 0.15) is 42.5 Å². The summed E-state index contributed by atoms with van der Waals surface area (Å²) in [5, 5.41) is 11.1. The fraction of sp³-hybridized carbons (Fsp3) is 0.529. The van der Waals surface area contributed by atoms with Gasteiger partial charge >= 0.3 is 5.97 Å². The molecule has 0 saturated carbocycles. The molecule has 0 aromatic heterocycles. The Balaban J connectivity index is 2.06. The van der Waals surface area contributed by atoms with Gasteiger partial charge in [-0.2, -0.15) is 0 Å². The molecule has 27 heavy (non-hydrogen) atoms. The largest absolute Gasteiger partial charge is 0.452 e. The molecule has 1 aromatic rings. The second-order valence-corrected chi connectivity index (χ2v) is 8.42. The predicted molar refractivity (Wildman–Crippen MR) is 96.2 cm³/mol. The number of carbonyl (C=O) groups excluding carboxylic acids is 2. The van der Waals surface area contributed by atoms with Crippen molar-refractivity contribution < 1.29 is 27.7 Å². The van der Waals surface area contributed by atoms with E-state index in [4.69, 9.17) is 4.74 Å². The molecule has 0 atom stereocenters. The van der Waals surface area contributed by atoms with Crippen LogP contribution in [0.3, 0.4) is 0 Å². The molecule has 148 valence electrons. The number of likely N-dealkylation sites (tertiary alicyclic amines) is 1. The van der Waals surface area contributed by atoms with Gasteiger partial charge in [-0.05, 0) is 25.0 Å². The van der Waals surface area contributed by atoms with Crippen LogP contribution in [-0.4, -0.2) is 56.1 Å². The maximum Gasteiger partial charge on any atom is 0.338 e. The zero-order valence-corrected chi connectivity index (χ0v) is 15.9. The van der Waals surface area contributed by atoms with Crippen molar-refractivity contribution in [1.29, 1.82) is 0 Å². The Morgan fingerprint density at radius 2 is 1.74 bits per heavy atom. The Morgan fingerprint density at radius 1 is 1.15 bits per heavy atom. The van der Waals surface area contributed by atoms with Crippen molar-refractivity contribution in [3.63, 3.8) is 0 Å². The van der Waals surface area contributed by atoms with Crippen molar-refractivity contribution >= 4 is 27.4 Å². The van der Waals surface area contributed by atoms with Gasteiger partial charge in [0.25, 0.3) is 11.6 Å². The Hall–Kier alpha value is -2.49. The van der Waals surface area contributed by atoms with E-state index in [1.54, 1.807) is 4.90 Å². The third-order valence-corrected chi connectivity index (χ3v) is 5.47. The summed E-state index contributed by atoms with van der Waals surface area (Å²) < 4.78 is 28.2. The third kappa shape index (κ3) is 5.75. The zero-order chi connectivity index (χ0) is 20.0. The lowest BCUT2D eigenvalue weighted by Gasteiger charge is -2.24. The average molecular weight is 398 g/mol. The molecule has 0 N–H and O–H groups in total. The maximum absolute atomic E-state index is 12.2. The highest BCUT2D eigenvalue weighted by atomic mass is 32.2. The van der Waals surface area contributed by atoms with Crippen LogP contribution in [0, 0.1) is 10.1 Å². The molecule has 1 aliphatic heterocycles. The van der Waals surface area contributed by atoms with Gasteiger partial charge in [0, 0.05) is 25.4 Å². The van der Waals surface area contributed by atoms with Crippen LogP contribution in [0.2, 0.25) is 0 Å². The van der Waals surface area contributed by atoms with Crippen LogP contribution in [-0.2, 0) is 19.4 Å². The second-order valence-electron chi connectivity index (χ2n) is 6.44. The molecular weight excluding hydrogens is 376 g/mol. The van der Waals surface area contributed by atoms with Gasteiger partial charge in [-0.25, -0.2) is 13.2 Å². The lowest BCUT2D eigenvalue weighted by molar-refractivity contribution is -0.387. The number of nitro groups is 1. The van der Waals surface area contributed by atoms with Crippen molar-refractivity contribution in [3.8, 4) is 0 Å². The third-order valence-electron chi connectivity index (χ3n) is 4.33. The fourth-order valence-corrected chi connectivity index (χ4v) is 3.73. The van der Waals surface area contributed by atoms with Gasteiger partial charge in [0.1, 0.15) is 4.90 Å². The number of esters is 1. The van der Waals surface area contributed by atoms with Gasteiger partial charge in [-0.1, -0.05) is 19.3 Å². The molecule has 2 rings (SSSR count). The van der Waals surface area contributed by atoms with Crippen molar-refractivity contribution in [2.45, 2.75) is 37.0 Å². The summed E-state index contributed by atoms with van der Waals surface area (Å²) in [6.07, 6.45) is 5.91. The molecule has 1 aliphatic rings. The smallest absolute Gasteiger partial charge is 0.338 e. The van der Waals surface area contributed by atoms with E-state index < -0.39 is 37.9 Å². The number of ether oxygens (including phenoxy) is 1. The number of nitrogens with zero attached hydrogens (tertiary/aromatic N) is 2. The minimum atomic E-state index is -3.82. The van der Waals surface area contributed by atoms with E-state index in [2.05, 4.69) is 0 Å². The summed E-state index contributed by atoms with van der Waals surface area (Å²) >= 11 is 0. The predicted octanol–water partition coefficient (Wildman–Crippen LogP) is 1.95. The molecule has 0 radical (unpaired) electrons. The van der Waals surface area contributed by atoms with E-state index in [-0.39, 0.29) is 11.5 Å². The Morgan fingerprint density at radius 3 is 2.30 bits per heavy atom. The monoisotopic (exact) mass is 398 g/mol. The molecule has 1 fully saturated rings. The standard InChI is InChI=1S/C17H22N2O7S/c1-27(24,25)15-8-7-13(11-14(15)19(22)23)17(21)26-12-16(20)18-9-5-3-2-4-6-10-18/h7-8,11H,2-6,9-10,12H2,1H3. The Labute approximate surface area is 157 Å². The summed E-state index contributed by atoms with van der Waals surface area (Å²) in [5.74, 6) is -1.23. The quantitative estimate of drug-likeness (QED) is 0.422. The SMILES string of the molecule is CS(=O)(=O)c1ccc(C(=O)OCC(=O)N2CCCCCCC2)cc1[N+](=O)[O-]. The highest BCUT2D eigenvalue weighted by Crippen LogP contribution is 2.25. The van der Waals surface area contributed by atoms with Crippen LogP contribution in [0.4, 0.5) is 5.69 Å². The molecule has 1 heterocycles. The molecule has 10 heteroatoms. The van der Waals surface area contributed by atoms with Gasteiger partial charge in [0.15, 0.2) is 16.4 Å². The van der Waals surface area contributed by atoms with Gasteiger partial charge in [-0.3, -0.25) is 14.9 Å². The molecule has 0 unspecified atom stereocenters. The molecule has 0 bridgehead atoms. The first-order valence-electron chi connectivity index (χ1n) is 8.63. The Kier molecular flexibility index (Phi) is 6.89. The lowest BCUT2D eigenvalue weighted by atomic mass is 10.1. The molecule has 1 aromatic carbocycles. The van der Waals surface area contributed by atoms with Crippen LogP contribution in [0.15, 0.2) is 23.1 Å². The first-order chi connectivity index (χ1) is 12.7. The summed E-state index contributed by atoms with van der Waals surface area (Å²) in [4.78, 5) is 35.7. The summed E-state index contributed by atoms with van der Waals surface area (Å²) in [7, 11) is -3.82. The summed E-state index contributed by atoms with van der Waals surface area (Å²) in [5.41, 5.74) is -0.892. The van der Waals surface area contributed by atoms with Crippen LogP contribution in [0.5, 0.6) is 0 Å². The molecule has 1 amide bonds. The van der Waals surface area contributed by atoms with Gasteiger partial charge in [-0.15, -0.1) is 0 Å². The fourth-order valence-electron chi connectivity index (χ4n) is 2.90. The number of hydrogen-bond donors (Lipinski definition) is 0. The number of nitro benzene ring substituents is 1.